The number of nitrogens with zero attached hydrogens (tertiary/aromatic N) is 2. The van der Waals surface area contributed by atoms with E-state index in [0.29, 0.717) is 0 Å². The van der Waals surface area contributed by atoms with Gasteiger partial charge in [0.1, 0.15) is 17.0 Å². The van der Waals surface area contributed by atoms with Crippen molar-refractivity contribution in [2.24, 2.45) is 5.92 Å². The van der Waals surface area contributed by atoms with Crippen LogP contribution < -0.4 is 15.5 Å². The van der Waals surface area contributed by atoms with Crippen molar-refractivity contribution in [2.75, 3.05) is 5.32 Å². The van der Waals surface area contributed by atoms with Crippen molar-refractivity contribution in [3.63, 3.8) is 0 Å². The lowest BCUT2D eigenvalue weighted by molar-refractivity contribution is -0.125. The second-order valence-electron chi connectivity index (χ2n) is 7.86. The van der Waals surface area contributed by atoms with Gasteiger partial charge in [-0.1, -0.05) is 11.3 Å². The third-order valence-corrected chi connectivity index (χ3v) is 7.34. The maximum atomic E-state index is 12.5. The van der Waals surface area contributed by atoms with E-state index < -0.39 is 0 Å². The lowest BCUT2D eigenvalue weighted by atomic mass is 9.87. The van der Waals surface area contributed by atoms with Gasteiger partial charge in [0.05, 0.1) is 15.6 Å². The molecule has 0 fully saturated rings. The molecule has 0 saturated heterocycles. The van der Waals surface area contributed by atoms with E-state index in [1.54, 1.807) is 17.7 Å². The van der Waals surface area contributed by atoms with Crippen molar-refractivity contribution in [3.05, 3.63) is 44.6 Å². The van der Waals surface area contributed by atoms with Crippen molar-refractivity contribution < 1.29 is 4.79 Å². The summed E-state index contributed by atoms with van der Waals surface area (Å²) in [4.78, 5) is 38.0. The lowest BCUT2D eigenvalue weighted by Crippen LogP contribution is -2.37. The first kappa shape index (κ1) is 19.2. The maximum absolute atomic E-state index is 12.5. The summed E-state index contributed by atoms with van der Waals surface area (Å²) in [5.74, 6) is 0.914. The molecule has 3 N–H and O–H groups in total. The Labute approximate surface area is 180 Å². The van der Waals surface area contributed by atoms with Crippen LogP contribution >= 0.6 is 22.7 Å². The van der Waals surface area contributed by atoms with E-state index in [-0.39, 0.29) is 22.7 Å². The highest BCUT2D eigenvalue weighted by molar-refractivity contribution is 7.19. The molecule has 1 aliphatic carbocycles. The molecule has 0 bridgehead atoms. The summed E-state index contributed by atoms with van der Waals surface area (Å²) in [6.45, 7) is 3.98. The minimum Gasteiger partial charge on any atom is -0.354 e. The number of carbonyl (C=O) groups excluding carboxylic acids is 1. The summed E-state index contributed by atoms with van der Waals surface area (Å²) < 4.78 is 0.904. The van der Waals surface area contributed by atoms with Crippen molar-refractivity contribution in [1.82, 2.24) is 20.3 Å². The van der Waals surface area contributed by atoms with Crippen LogP contribution in [0.25, 0.3) is 20.4 Å². The van der Waals surface area contributed by atoms with Gasteiger partial charge in [0.25, 0.3) is 0 Å². The fourth-order valence-corrected chi connectivity index (χ4v) is 6.03. The minimum absolute atomic E-state index is 0.0103. The van der Waals surface area contributed by atoms with Gasteiger partial charge in [0.15, 0.2) is 0 Å². The standard InChI is InChI=1S/C21H21N5O2S2/c1-10(2)24-19(27)11-3-5-13-15(7-11)29-20-17(13)18(22-9-23-20)25-12-4-6-14-16(8-12)30-21(28)26-14/h4,6,8-11H,3,5,7H2,1-2H3,(H,24,27)(H,26,28)(H,22,23,25). The van der Waals surface area contributed by atoms with Gasteiger partial charge < -0.3 is 15.6 Å². The van der Waals surface area contributed by atoms with Crippen LogP contribution in [0, 0.1) is 5.92 Å². The highest BCUT2D eigenvalue weighted by Gasteiger charge is 2.29. The Morgan fingerprint density at radius 1 is 1.27 bits per heavy atom. The molecule has 4 aromatic rings. The number of H-pyrrole nitrogens is 1. The summed E-state index contributed by atoms with van der Waals surface area (Å²) >= 11 is 2.85. The number of hydrogen-bond donors (Lipinski definition) is 3. The van der Waals surface area contributed by atoms with Crippen LogP contribution in [0.3, 0.4) is 0 Å². The van der Waals surface area contributed by atoms with Crippen LogP contribution in [-0.4, -0.2) is 26.9 Å². The third kappa shape index (κ3) is 3.48. The van der Waals surface area contributed by atoms with Crippen LogP contribution in [-0.2, 0) is 17.6 Å². The van der Waals surface area contributed by atoms with E-state index in [0.717, 1.165) is 51.2 Å². The molecular weight excluding hydrogens is 418 g/mol. The number of nitrogens with one attached hydrogen (secondary N) is 3. The monoisotopic (exact) mass is 439 g/mol. The minimum atomic E-state index is -0.0606. The van der Waals surface area contributed by atoms with Crippen molar-refractivity contribution in [2.45, 2.75) is 39.2 Å². The zero-order chi connectivity index (χ0) is 20.8. The number of amides is 1. The Balaban J connectivity index is 1.48. The van der Waals surface area contributed by atoms with E-state index in [1.165, 1.54) is 21.8 Å². The number of aromatic amines is 1. The number of aryl methyl sites for hydroxylation is 1. The number of hydrogen-bond acceptors (Lipinski definition) is 7. The fourth-order valence-electron chi connectivity index (χ4n) is 3.99. The second-order valence-corrected chi connectivity index (χ2v) is 9.96. The molecule has 7 nitrogen and oxygen atoms in total. The average Bonchev–Trinajstić information content (AvgIpc) is 3.26. The van der Waals surface area contributed by atoms with Gasteiger partial charge in [-0.15, -0.1) is 11.3 Å². The number of carbonyl (C=O) groups is 1. The van der Waals surface area contributed by atoms with Gasteiger partial charge in [-0.3, -0.25) is 9.59 Å². The first-order valence-electron chi connectivity index (χ1n) is 9.93. The number of thiazole rings is 1. The summed E-state index contributed by atoms with van der Waals surface area (Å²) in [6.07, 6.45) is 3.99. The van der Waals surface area contributed by atoms with E-state index in [9.17, 15) is 9.59 Å². The molecule has 3 aromatic heterocycles. The predicted molar refractivity (Wildman–Crippen MR) is 122 cm³/mol. The summed E-state index contributed by atoms with van der Waals surface area (Å²) in [7, 11) is 0. The lowest BCUT2D eigenvalue weighted by Gasteiger charge is -2.22. The average molecular weight is 440 g/mol. The van der Waals surface area contributed by atoms with Crippen LogP contribution in [0.4, 0.5) is 11.5 Å². The molecule has 1 aromatic carbocycles. The number of fused-ring (bicyclic) bond motifs is 4. The molecule has 0 aliphatic heterocycles. The molecule has 5 rings (SSSR count). The van der Waals surface area contributed by atoms with E-state index >= 15 is 0 Å². The molecule has 3 heterocycles. The first-order chi connectivity index (χ1) is 14.5. The van der Waals surface area contributed by atoms with Gasteiger partial charge in [0.2, 0.25) is 5.91 Å². The number of benzene rings is 1. The second kappa shape index (κ2) is 7.48. The van der Waals surface area contributed by atoms with Crippen molar-refractivity contribution in [3.8, 4) is 0 Å². The van der Waals surface area contributed by atoms with E-state index in [2.05, 4.69) is 25.6 Å². The predicted octanol–water partition coefficient (Wildman–Crippen LogP) is 3.97. The van der Waals surface area contributed by atoms with E-state index in [4.69, 9.17) is 0 Å². The molecule has 1 aliphatic rings. The first-order valence-corrected chi connectivity index (χ1v) is 11.6. The molecule has 0 spiro atoms. The van der Waals surface area contributed by atoms with Crippen molar-refractivity contribution >= 4 is 60.5 Å². The van der Waals surface area contributed by atoms with Crippen LogP contribution in [0.2, 0.25) is 0 Å². The third-order valence-electron chi connectivity index (χ3n) is 5.33. The topological polar surface area (TPSA) is 99.8 Å². The molecule has 0 saturated carbocycles. The summed E-state index contributed by atoms with van der Waals surface area (Å²) in [5, 5.41) is 7.49. The van der Waals surface area contributed by atoms with Crippen LogP contribution in [0.5, 0.6) is 0 Å². The zero-order valence-corrected chi connectivity index (χ0v) is 18.2. The van der Waals surface area contributed by atoms with Gasteiger partial charge in [-0.05, 0) is 56.9 Å². The summed E-state index contributed by atoms with van der Waals surface area (Å²) in [6, 6.07) is 5.94. The molecule has 1 amide bonds. The Morgan fingerprint density at radius 2 is 2.13 bits per heavy atom. The Morgan fingerprint density at radius 3 is 2.97 bits per heavy atom. The van der Waals surface area contributed by atoms with Crippen LogP contribution in [0.15, 0.2) is 29.3 Å². The number of aromatic nitrogens is 3. The Kier molecular flexibility index (Phi) is 4.79. The summed E-state index contributed by atoms with van der Waals surface area (Å²) in [5.41, 5.74) is 2.96. The molecule has 9 heteroatoms. The Hall–Kier alpha value is -2.78. The quantitative estimate of drug-likeness (QED) is 0.447. The van der Waals surface area contributed by atoms with E-state index in [1.807, 2.05) is 32.0 Å². The number of thiophene rings is 1. The normalized spacial score (nSPS) is 16.2. The maximum Gasteiger partial charge on any atom is 0.305 e. The fraction of sp³-hybridized carbons (Fsp3) is 0.333. The van der Waals surface area contributed by atoms with Gasteiger partial charge in [-0.2, -0.15) is 0 Å². The molecule has 1 unspecified atom stereocenters. The largest absolute Gasteiger partial charge is 0.354 e. The molecular formula is C21H21N5O2S2. The Bertz CT molecular complexity index is 1320. The van der Waals surface area contributed by atoms with Crippen LogP contribution in [0.1, 0.15) is 30.7 Å². The van der Waals surface area contributed by atoms with Crippen molar-refractivity contribution in [1.29, 1.82) is 0 Å². The zero-order valence-electron chi connectivity index (χ0n) is 16.6. The molecule has 1 atom stereocenters. The van der Waals surface area contributed by atoms with Gasteiger partial charge in [0, 0.05) is 22.5 Å². The molecule has 30 heavy (non-hydrogen) atoms. The SMILES string of the molecule is CC(C)NC(=O)C1CCc2c(sc3ncnc(Nc4ccc5[nH]c(=O)sc5c4)c23)C1. The number of rotatable bonds is 4. The number of anilines is 2. The van der Waals surface area contributed by atoms with Gasteiger partial charge >= 0.3 is 4.87 Å². The smallest absolute Gasteiger partial charge is 0.305 e. The molecule has 154 valence electrons. The molecule has 0 radical (unpaired) electrons. The van der Waals surface area contributed by atoms with Gasteiger partial charge in [-0.25, -0.2) is 9.97 Å². The highest BCUT2D eigenvalue weighted by atomic mass is 32.1. The highest BCUT2D eigenvalue weighted by Crippen LogP contribution is 2.40.